The van der Waals surface area contributed by atoms with Crippen molar-refractivity contribution < 1.29 is 4.74 Å². The molecule has 0 radical (unpaired) electrons. The molecule has 2 rings (SSSR count). The summed E-state index contributed by atoms with van der Waals surface area (Å²) < 4.78 is 5.64. The number of rotatable bonds is 5. The molecule has 1 atom stereocenters. The SMILES string of the molecule is CNCCNCC1CCOc2ccccc21. The highest BCUT2D eigenvalue weighted by Crippen LogP contribution is 2.32. The van der Waals surface area contributed by atoms with Crippen LogP contribution >= 0.6 is 0 Å². The van der Waals surface area contributed by atoms with Crippen LogP contribution < -0.4 is 15.4 Å². The van der Waals surface area contributed by atoms with Crippen LogP contribution in [0.5, 0.6) is 5.75 Å². The van der Waals surface area contributed by atoms with E-state index in [0.717, 1.165) is 38.4 Å². The molecule has 1 aliphatic rings. The summed E-state index contributed by atoms with van der Waals surface area (Å²) in [5.41, 5.74) is 1.35. The van der Waals surface area contributed by atoms with Crippen molar-refractivity contribution in [3.8, 4) is 5.75 Å². The van der Waals surface area contributed by atoms with Gasteiger partial charge in [-0.2, -0.15) is 0 Å². The lowest BCUT2D eigenvalue weighted by atomic mass is 9.93. The Bertz CT molecular complexity index is 327. The van der Waals surface area contributed by atoms with E-state index in [9.17, 15) is 0 Å². The molecule has 3 heteroatoms. The Kier molecular flexibility index (Phi) is 4.19. The summed E-state index contributed by atoms with van der Waals surface area (Å²) >= 11 is 0. The largest absolute Gasteiger partial charge is 0.493 e. The topological polar surface area (TPSA) is 33.3 Å². The van der Waals surface area contributed by atoms with Crippen LogP contribution in [-0.4, -0.2) is 33.3 Å². The van der Waals surface area contributed by atoms with Crippen molar-refractivity contribution in [1.29, 1.82) is 0 Å². The molecule has 0 amide bonds. The fourth-order valence-corrected chi connectivity index (χ4v) is 2.12. The van der Waals surface area contributed by atoms with Gasteiger partial charge in [0.05, 0.1) is 6.61 Å². The van der Waals surface area contributed by atoms with Gasteiger partial charge in [0.2, 0.25) is 0 Å². The van der Waals surface area contributed by atoms with E-state index in [0.29, 0.717) is 5.92 Å². The molecule has 3 nitrogen and oxygen atoms in total. The van der Waals surface area contributed by atoms with Crippen LogP contribution in [0, 0.1) is 0 Å². The highest BCUT2D eigenvalue weighted by molar-refractivity contribution is 5.37. The summed E-state index contributed by atoms with van der Waals surface area (Å²) in [5.74, 6) is 1.66. The number of fused-ring (bicyclic) bond motifs is 1. The predicted molar refractivity (Wildman–Crippen MR) is 66.1 cm³/mol. The molecule has 1 aliphatic heterocycles. The predicted octanol–water partition coefficient (Wildman–Crippen LogP) is 1.36. The van der Waals surface area contributed by atoms with Gasteiger partial charge < -0.3 is 15.4 Å². The first-order chi connectivity index (χ1) is 7.92. The Balaban J connectivity index is 1.91. The number of para-hydroxylation sites is 1. The monoisotopic (exact) mass is 220 g/mol. The second kappa shape index (κ2) is 5.87. The summed E-state index contributed by atoms with van der Waals surface area (Å²) in [6, 6.07) is 8.37. The van der Waals surface area contributed by atoms with Crippen LogP contribution in [-0.2, 0) is 0 Å². The minimum absolute atomic E-state index is 0.599. The maximum Gasteiger partial charge on any atom is 0.122 e. The Labute approximate surface area is 97.2 Å². The first-order valence-corrected chi connectivity index (χ1v) is 5.99. The Morgan fingerprint density at radius 2 is 2.19 bits per heavy atom. The molecule has 1 aromatic rings. The van der Waals surface area contributed by atoms with Gasteiger partial charge in [-0.1, -0.05) is 18.2 Å². The molecule has 1 unspecified atom stereocenters. The Morgan fingerprint density at radius 1 is 1.31 bits per heavy atom. The standard InChI is InChI=1S/C13H20N2O/c1-14-7-8-15-10-11-6-9-16-13-5-3-2-4-12(11)13/h2-5,11,14-15H,6-10H2,1H3. The molecule has 0 aromatic heterocycles. The summed E-state index contributed by atoms with van der Waals surface area (Å²) in [4.78, 5) is 0. The lowest BCUT2D eigenvalue weighted by molar-refractivity contribution is 0.265. The van der Waals surface area contributed by atoms with Crippen molar-refractivity contribution >= 4 is 0 Å². The van der Waals surface area contributed by atoms with Gasteiger partial charge in [0, 0.05) is 25.6 Å². The summed E-state index contributed by atoms with van der Waals surface area (Å²) in [7, 11) is 1.98. The lowest BCUT2D eigenvalue weighted by Gasteiger charge is -2.26. The smallest absolute Gasteiger partial charge is 0.122 e. The molecule has 0 saturated heterocycles. The zero-order valence-electron chi connectivity index (χ0n) is 9.83. The minimum atomic E-state index is 0.599. The first kappa shape index (κ1) is 11.4. The van der Waals surface area contributed by atoms with Crippen LogP contribution in [0.4, 0.5) is 0 Å². The van der Waals surface area contributed by atoms with E-state index in [1.165, 1.54) is 5.56 Å². The van der Waals surface area contributed by atoms with Gasteiger partial charge in [0.15, 0.2) is 0 Å². The molecular weight excluding hydrogens is 200 g/mol. The summed E-state index contributed by atoms with van der Waals surface area (Å²) in [6.07, 6.45) is 1.11. The fourth-order valence-electron chi connectivity index (χ4n) is 2.12. The number of likely N-dealkylation sites (N-methyl/N-ethyl adjacent to an activating group) is 1. The lowest BCUT2D eigenvalue weighted by Crippen LogP contribution is -2.30. The highest BCUT2D eigenvalue weighted by atomic mass is 16.5. The number of hydrogen-bond donors (Lipinski definition) is 2. The van der Waals surface area contributed by atoms with E-state index in [1.54, 1.807) is 0 Å². The minimum Gasteiger partial charge on any atom is -0.493 e. The van der Waals surface area contributed by atoms with Crippen molar-refractivity contribution in [2.24, 2.45) is 0 Å². The third-order valence-corrected chi connectivity index (χ3v) is 3.03. The molecular formula is C13H20N2O. The van der Waals surface area contributed by atoms with Crippen molar-refractivity contribution in [3.63, 3.8) is 0 Å². The van der Waals surface area contributed by atoms with Crippen molar-refractivity contribution in [3.05, 3.63) is 29.8 Å². The number of hydrogen-bond acceptors (Lipinski definition) is 3. The second-order valence-electron chi connectivity index (χ2n) is 4.18. The van der Waals surface area contributed by atoms with Crippen LogP contribution in [0.25, 0.3) is 0 Å². The summed E-state index contributed by atoms with van der Waals surface area (Å²) in [6.45, 7) is 3.93. The van der Waals surface area contributed by atoms with Crippen LogP contribution in [0.3, 0.4) is 0 Å². The Hall–Kier alpha value is -1.06. The van der Waals surface area contributed by atoms with Crippen LogP contribution in [0.2, 0.25) is 0 Å². The zero-order valence-corrected chi connectivity index (χ0v) is 9.83. The number of ether oxygens (including phenoxy) is 1. The molecule has 2 N–H and O–H groups in total. The average Bonchev–Trinajstić information content (AvgIpc) is 2.35. The van der Waals surface area contributed by atoms with E-state index in [2.05, 4.69) is 28.8 Å². The van der Waals surface area contributed by atoms with Crippen molar-refractivity contribution in [1.82, 2.24) is 10.6 Å². The molecule has 0 bridgehead atoms. The molecule has 0 saturated carbocycles. The molecule has 0 fully saturated rings. The number of benzene rings is 1. The molecule has 16 heavy (non-hydrogen) atoms. The van der Waals surface area contributed by atoms with Crippen molar-refractivity contribution in [2.45, 2.75) is 12.3 Å². The fraction of sp³-hybridized carbons (Fsp3) is 0.538. The zero-order chi connectivity index (χ0) is 11.2. The highest BCUT2D eigenvalue weighted by Gasteiger charge is 2.20. The summed E-state index contributed by atoms with van der Waals surface area (Å²) in [5, 5.41) is 6.62. The third kappa shape index (κ3) is 2.74. The van der Waals surface area contributed by atoms with E-state index >= 15 is 0 Å². The Morgan fingerprint density at radius 3 is 3.06 bits per heavy atom. The van der Waals surface area contributed by atoms with Crippen LogP contribution in [0.1, 0.15) is 17.9 Å². The van der Waals surface area contributed by atoms with E-state index in [-0.39, 0.29) is 0 Å². The normalized spacial score (nSPS) is 18.9. The van der Waals surface area contributed by atoms with Gasteiger partial charge in [-0.15, -0.1) is 0 Å². The van der Waals surface area contributed by atoms with Gasteiger partial charge in [-0.3, -0.25) is 0 Å². The second-order valence-corrected chi connectivity index (χ2v) is 4.18. The van der Waals surface area contributed by atoms with Crippen molar-refractivity contribution in [2.75, 3.05) is 33.3 Å². The maximum absolute atomic E-state index is 5.64. The van der Waals surface area contributed by atoms with Gasteiger partial charge in [0.25, 0.3) is 0 Å². The molecule has 0 spiro atoms. The van der Waals surface area contributed by atoms with Crippen LogP contribution in [0.15, 0.2) is 24.3 Å². The third-order valence-electron chi connectivity index (χ3n) is 3.03. The first-order valence-electron chi connectivity index (χ1n) is 5.99. The quantitative estimate of drug-likeness (QED) is 0.735. The van der Waals surface area contributed by atoms with Gasteiger partial charge in [0.1, 0.15) is 5.75 Å². The molecule has 0 aliphatic carbocycles. The van der Waals surface area contributed by atoms with E-state index in [1.807, 2.05) is 13.1 Å². The van der Waals surface area contributed by atoms with E-state index < -0.39 is 0 Å². The molecule has 88 valence electrons. The van der Waals surface area contributed by atoms with Gasteiger partial charge in [-0.05, 0) is 25.1 Å². The van der Waals surface area contributed by atoms with Gasteiger partial charge >= 0.3 is 0 Å². The number of nitrogens with one attached hydrogen (secondary N) is 2. The van der Waals surface area contributed by atoms with Gasteiger partial charge in [-0.25, -0.2) is 0 Å². The molecule has 1 heterocycles. The van der Waals surface area contributed by atoms with E-state index in [4.69, 9.17) is 4.74 Å². The molecule has 1 aromatic carbocycles. The average molecular weight is 220 g/mol. The maximum atomic E-state index is 5.64.